The Morgan fingerprint density at radius 1 is 1.09 bits per heavy atom. The number of nitrogens with one attached hydrogen (secondary N) is 2. The van der Waals surface area contributed by atoms with Crippen molar-refractivity contribution in [2.45, 2.75) is 70.7 Å². The number of sulfonamides is 1. The molecule has 0 unspecified atom stereocenters. The topological polar surface area (TPSA) is 102 Å². The molecule has 0 aliphatic rings. The number of hydrogen-bond acceptors (Lipinski definition) is 5. The Bertz CT molecular complexity index is 1100. The quantitative estimate of drug-likeness (QED) is 0.519. The molecule has 2 N–H and O–H groups in total. The molecular weight excluding hydrogens is 440 g/mol. The Labute approximate surface area is 197 Å². The van der Waals surface area contributed by atoms with Gasteiger partial charge in [0.05, 0.1) is 16.1 Å². The number of para-hydroxylation sites is 1. The molecule has 7 nitrogen and oxygen atoms in total. The van der Waals surface area contributed by atoms with Crippen molar-refractivity contribution in [3.05, 3.63) is 59.2 Å². The van der Waals surface area contributed by atoms with E-state index in [1.54, 1.807) is 31.2 Å². The molecule has 0 bridgehead atoms. The van der Waals surface area contributed by atoms with Gasteiger partial charge in [0, 0.05) is 6.04 Å². The summed E-state index contributed by atoms with van der Waals surface area (Å²) in [5.74, 6) is -1.19. The molecule has 0 aliphatic carbocycles. The highest BCUT2D eigenvalue weighted by atomic mass is 32.2. The minimum absolute atomic E-state index is 0.0209. The number of rotatable bonds is 9. The highest BCUT2D eigenvalue weighted by Gasteiger charge is 2.24. The van der Waals surface area contributed by atoms with Crippen molar-refractivity contribution < 1.29 is 22.7 Å². The average molecular weight is 475 g/mol. The molecule has 2 rings (SSSR count). The van der Waals surface area contributed by atoms with Gasteiger partial charge < -0.3 is 10.1 Å². The van der Waals surface area contributed by atoms with Crippen LogP contribution < -0.4 is 10.0 Å². The fourth-order valence-corrected chi connectivity index (χ4v) is 4.69. The maximum atomic E-state index is 13.2. The van der Waals surface area contributed by atoms with Crippen LogP contribution in [-0.2, 0) is 25.0 Å². The van der Waals surface area contributed by atoms with Crippen molar-refractivity contribution in [1.82, 2.24) is 5.32 Å². The molecule has 0 fully saturated rings. The molecule has 0 saturated heterocycles. The van der Waals surface area contributed by atoms with Crippen LogP contribution in [0.2, 0.25) is 0 Å². The summed E-state index contributed by atoms with van der Waals surface area (Å²) in [7, 11) is -3.97. The SMILES string of the molecule is CCC[C@H](C)NC(=O)COC(=O)c1ccccc1NS(=O)(=O)c1cc(C(C)(C)C)ccc1C. The van der Waals surface area contributed by atoms with E-state index in [4.69, 9.17) is 4.74 Å². The second-order valence-electron chi connectivity index (χ2n) is 9.21. The van der Waals surface area contributed by atoms with Crippen LogP contribution in [0.15, 0.2) is 47.4 Å². The van der Waals surface area contributed by atoms with Gasteiger partial charge in [-0.25, -0.2) is 13.2 Å². The maximum Gasteiger partial charge on any atom is 0.340 e. The van der Waals surface area contributed by atoms with Crippen molar-refractivity contribution in [2.24, 2.45) is 0 Å². The van der Waals surface area contributed by atoms with Gasteiger partial charge in [0.2, 0.25) is 0 Å². The Hall–Kier alpha value is -2.87. The number of amides is 1. The fourth-order valence-electron chi connectivity index (χ4n) is 3.34. The van der Waals surface area contributed by atoms with Crippen molar-refractivity contribution in [3.63, 3.8) is 0 Å². The summed E-state index contributed by atoms with van der Waals surface area (Å²) in [6, 6.07) is 11.5. The van der Waals surface area contributed by atoms with E-state index in [0.717, 1.165) is 18.4 Å². The van der Waals surface area contributed by atoms with Crippen LogP contribution in [0, 0.1) is 6.92 Å². The number of aryl methyl sites for hydroxylation is 1. The van der Waals surface area contributed by atoms with Crippen LogP contribution in [0.5, 0.6) is 0 Å². The highest BCUT2D eigenvalue weighted by Crippen LogP contribution is 2.28. The summed E-state index contributed by atoms with van der Waals surface area (Å²) in [5, 5.41) is 2.76. The molecule has 2 aromatic carbocycles. The predicted molar refractivity (Wildman–Crippen MR) is 130 cm³/mol. The van der Waals surface area contributed by atoms with Crippen molar-refractivity contribution >= 4 is 27.6 Å². The van der Waals surface area contributed by atoms with Crippen LogP contribution in [0.4, 0.5) is 5.69 Å². The lowest BCUT2D eigenvalue weighted by Gasteiger charge is -2.21. The average Bonchev–Trinajstić information content (AvgIpc) is 2.71. The monoisotopic (exact) mass is 474 g/mol. The Morgan fingerprint density at radius 3 is 2.39 bits per heavy atom. The number of anilines is 1. The molecule has 33 heavy (non-hydrogen) atoms. The van der Waals surface area contributed by atoms with Gasteiger partial charge in [-0.05, 0) is 55.0 Å². The van der Waals surface area contributed by atoms with Crippen LogP contribution in [0.1, 0.15) is 68.9 Å². The highest BCUT2D eigenvalue weighted by molar-refractivity contribution is 7.92. The first kappa shape index (κ1) is 26.4. The van der Waals surface area contributed by atoms with Crippen LogP contribution in [0.25, 0.3) is 0 Å². The van der Waals surface area contributed by atoms with Gasteiger partial charge in [-0.15, -0.1) is 0 Å². The molecule has 0 radical (unpaired) electrons. The second-order valence-corrected chi connectivity index (χ2v) is 10.9. The number of hydrogen-bond donors (Lipinski definition) is 2. The summed E-state index contributed by atoms with van der Waals surface area (Å²) in [5.41, 5.74) is 1.36. The molecule has 0 aromatic heterocycles. The van der Waals surface area contributed by atoms with E-state index < -0.39 is 28.5 Å². The summed E-state index contributed by atoms with van der Waals surface area (Å²) < 4.78 is 34.0. The molecule has 1 amide bonds. The summed E-state index contributed by atoms with van der Waals surface area (Å²) in [4.78, 5) is 24.8. The van der Waals surface area contributed by atoms with Gasteiger partial charge in [0.25, 0.3) is 15.9 Å². The van der Waals surface area contributed by atoms with E-state index in [-0.39, 0.29) is 27.6 Å². The number of ether oxygens (including phenoxy) is 1. The lowest BCUT2D eigenvalue weighted by molar-refractivity contribution is -0.124. The number of esters is 1. The molecule has 0 heterocycles. The van der Waals surface area contributed by atoms with Gasteiger partial charge in [-0.2, -0.15) is 0 Å². The molecule has 8 heteroatoms. The van der Waals surface area contributed by atoms with E-state index in [1.807, 2.05) is 40.7 Å². The normalized spacial score (nSPS) is 12.7. The molecule has 0 spiro atoms. The van der Waals surface area contributed by atoms with Gasteiger partial charge >= 0.3 is 5.97 Å². The Balaban J connectivity index is 2.22. The van der Waals surface area contributed by atoms with Crippen LogP contribution in [-0.4, -0.2) is 32.9 Å². The summed E-state index contributed by atoms with van der Waals surface area (Å²) in [6.45, 7) is 11.2. The number of carbonyl (C=O) groups excluding carboxylic acids is 2. The van der Waals surface area contributed by atoms with Crippen LogP contribution >= 0.6 is 0 Å². The minimum Gasteiger partial charge on any atom is -0.452 e. The minimum atomic E-state index is -3.97. The third-order valence-corrected chi connectivity index (χ3v) is 6.71. The largest absolute Gasteiger partial charge is 0.452 e. The molecular formula is C25H34N2O5S. The Kier molecular flexibility index (Phi) is 8.66. The zero-order valence-electron chi connectivity index (χ0n) is 20.2. The first-order chi connectivity index (χ1) is 15.3. The lowest BCUT2D eigenvalue weighted by Crippen LogP contribution is -2.35. The van der Waals surface area contributed by atoms with E-state index in [9.17, 15) is 18.0 Å². The van der Waals surface area contributed by atoms with Crippen molar-refractivity contribution in [2.75, 3.05) is 11.3 Å². The Morgan fingerprint density at radius 2 is 1.76 bits per heavy atom. The van der Waals surface area contributed by atoms with Gasteiger partial charge in [-0.3, -0.25) is 9.52 Å². The smallest absolute Gasteiger partial charge is 0.340 e. The summed E-state index contributed by atoms with van der Waals surface area (Å²) in [6.07, 6.45) is 1.74. The zero-order valence-corrected chi connectivity index (χ0v) is 21.0. The van der Waals surface area contributed by atoms with E-state index in [1.165, 1.54) is 12.1 Å². The molecule has 0 aliphatic heterocycles. The standard InChI is InChI=1S/C25H34N2O5S/c1-7-10-18(3)26-23(28)16-32-24(29)20-11-8-9-12-21(20)27-33(30,31)22-15-19(25(4,5)6)14-13-17(22)2/h8-9,11-15,18,27H,7,10,16H2,1-6H3,(H,26,28)/t18-/m0/s1. The lowest BCUT2D eigenvalue weighted by atomic mass is 9.87. The number of benzene rings is 2. The zero-order chi connectivity index (χ0) is 24.8. The predicted octanol–water partition coefficient (Wildman–Crippen LogP) is 4.55. The van der Waals surface area contributed by atoms with Crippen molar-refractivity contribution in [3.8, 4) is 0 Å². The van der Waals surface area contributed by atoms with Gasteiger partial charge in [-0.1, -0.05) is 58.4 Å². The number of carbonyl (C=O) groups is 2. The van der Waals surface area contributed by atoms with Crippen molar-refractivity contribution in [1.29, 1.82) is 0 Å². The summed E-state index contributed by atoms with van der Waals surface area (Å²) >= 11 is 0. The van der Waals surface area contributed by atoms with E-state index in [2.05, 4.69) is 10.0 Å². The molecule has 2 aromatic rings. The maximum absolute atomic E-state index is 13.2. The first-order valence-corrected chi connectivity index (χ1v) is 12.5. The first-order valence-electron chi connectivity index (χ1n) is 11.0. The molecule has 180 valence electrons. The van der Waals surface area contributed by atoms with E-state index >= 15 is 0 Å². The molecule has 1 atom stereocenters. The van der Waals surface area contributed by atoms with Gasteiger partial charge in [0.15, 0.2) is 6.61 Å². The van der Waals surface area contributed by atoms with Crippen LogP contribution in [0.3, 0.4) is 0 Å². The van der Waals surface area contributed by atoms with Gasteiger partial charge in [0.1, 0.15) is 0 Å². The fraction of sp³-hybridized carbons (Fsp3) is 0.440. The second kappa shape index (κ2) is 10.8. The third-order valence-electron chi connectivity index (χ3n) is 5.20. The molecule has 0 saturated carbocycles. The third kappa shape index (κ3) is 7.32. The van der Waals surface area contributed by atoms with E-state index in [0.29, 0.717) is 5.56 Å².